The molecule has 0 aromatic heterocycles. The Hall–Kier alpha value is -3.49. The molecule has 29 heavy (non-hydrogen) atoms. The molecule has 0 aliphatic heterocycles. The van der Waals surface area contributed by atoms with Crippen LogP contribution in [0.2, 0.25) is 0 Å². The van der Waals surface area contributed by atoms with E-state index in [0.717, 1.165) is 0 Å². The molecule has 148 valence electrons. The predicted molar refractivity (Wildman–Crippen MR) is 112 cm³/mol. The second-order valence-corrected chi connectivity index (χ2v) is 7.91. The molecule has 0 aliphatic carbocycles. The lowest BCUT2D eigenvalue weighted by Crippen LogP contribution is -2.14. The molecule has 0 radical (unpaired) electrons. The lowest BCUT2D eigenvalue weighted by atomic mass is 9.96. The maximum absolute atomic E-state index is 13.4. The monoisotopic (exact) mass is 411 g/mol. The zero-order valence-corrected chi connectivity index (χ0v) is 16.0. The summed E-state index contributed by atoms with van der Waals surface area (Å²) in [6.45, 7) is 0. The number of amides is 1. The van der Waals surface area contributed by atoms with Crippen LogP contribution < -0.4 is 16.6 Å². The molecule has 0 spiro atoms. The number of nitrogens with two attached hydrogens (primary N) is 3. The van der Waals surface area contributed by atoms with Crippen LogP contribution in [0.15, 0.2) is 65.6 Å². The Bertz CT molecular complexity index is 1220. The van der Waals surface area contributed by atoms with Crippen molar-refractivity contribution in [2.45, 2.75) is 4.90 Å². The number of hydrogen-bond acceptors (Lipinski definition) is 4. The fourth-order valence-electron chi connectivity index (χ4n) is 2.84. The van der Waals surface area contributed by atoms with Crippen LogP contribution >= 0.6 is 0 Å². The second-order valence-electron chi connectivity index (χ2n) is 6.35. The van der Waals surface area contributed by atoms with Gasteiger partial charge in [0.25, 0.3) is 5.91 Å². The summed E-state index contributed by atoms with van der Waals surface area (Å²) in [5, 5.41) is 5.12. The van der Waals surface area contributed by atoms with Crippen molar-refractivity contribution in [2.24, 2.45) is 10.9 Å². The van der Waals surface area contributed by atoms with E-state index in [9.17, 15) is 17.6 Å². The van der Waals surface area contributed by atoms with Crippen LogP contribution in [0.25, 0.3) is 23.3 Å². The molecule has 8 heteroatoms. The molecule has 0 heterocycles. The Labute approximate surface area is 167 Å². The maximum Gasteiger partial charge on any atom is 0.250 e. The minimum absolute atomic E-state index is 0.0444. The van der Waals surface area contributed by atoms with Crippen LogP contribution in [0.5, 0.6) is 0 Å². The number of nitrogen functional groups attached to an aromatic ring is 1. The molecule has 6 nitrogen and oxygen atoms in total. The zero-order chi connectivity index (χ0) is 21.2. The molecule has 3 rings (SSSR count). The molecular weight excluding hydrogens is 393 g/mol. The number of anilines is 1. The maximum atomic E-state index is 13.4. The van der Waals surface area contributed by atoms with Crippen molar-refractivity contribution in [2.75, 3.05) is 5.73 Å². The highest BCUT2D eigenvalue weighted by molar-refractivity contribution is 7.89. The van der Waals surface area contributed by atoms with Crippen LogP contribution in [-0.4, -0.2) is 14.3 Å². The number of rotatable bonds is 5. The van der Waals surface area contributed by atoms with Crippen LogP contribution in [0.4, 0.5) is 10.1 Å². The molecule has 1 amide bonds. The quantitative estimate of drug-likeness (QED) is 0.440. The van der Waals surface area contributed by atoms with E-state index in [1.807, 2.05) is 0 Å². The first-order valence-electron chi connectivity index (χ1n) is 8.45. The van der Waals surface area contributed by atoms with Gasteiger partial charge in [-0.25, -0.2) is 17.9 Å². The Kier molecular flexibility index (Phi) is 5.49. The van der Waals surface area contributed by atoms with Crippen molar-refractivity contribution in [3.63, 3.8) is 0 Å². The first-order valence-corrected chi connectivity index (χ1v) is 10.00. The zero-order valence-electron chi connectivity index (χ0n) is 15.2. The Morgan fingerprint density at radius 1 is 0.931 bits per heavy atom. The molecule has 6 N–H and O–H groups in total. The minimum atomic E-state index is -3.83. The van der Waals surface area contributed by atoms with E-state index < -0.39 is 15.9 Å². The first kappa shape index (κ1) is 20.2. The minimum Gasteiger partial charge on any atom is -0.398 e. The Balaban J connectivity index is 2.08. The van der Waals surface area contributed by atoms with Gasteiger partial charge in [0.15, 0.2) is 0 Å². The normalized spacial score (nSPS) is 11.7. The average Bonchev–Trinajstić information content (AvgIpc) is 2.66. The van der Waals surface area contributed by atoms with Crippen molar-refractivity contribution in [1.82, 2.24) is 0 Å². The summed E-state index contributed by atoms with van der Waals surface area (Å²) in [5.41, 5.74) is 14.2. The summed E-state index contributed by atoms with van der Waals surface area (Å²) in [6, 6.07) is 15.1. The van der Waals surface area contributed by atoms with E-state index in [1.54, 1.807) is 30.4 Å². The van der Waals surface area contributed by atoms with Gasteiger partial charge in [-0.3, -0.25) is 4.79 Å². The number of hydrogen-bond donors (Lipinski definition) is 3. The number of primary amides is 1. The fourth-order valence-corrected chi connectivity index (χ4v) is 3.36. The Morgan fingerprint density at radius 3 is 2.17 bits per heavy atom. The molecular formula is C21H18FN3O3S. The van der Waals surface area contributed by atoms with E-state index in [2.05, 4.69) is 0 Å². The highest BCUT2D eigenvalue weighted by atomic mass is 32.2. The fraction of sp³-hybridized carbons (Fsp3) is 0. The first-order chi connectivity index (χ1) is 13.6. The van der Waals surface area contributed by atoms with Gasteiger partial charge in [-0.2, -0.15) is 0 Å². The molecule has 0 unspecified atom stereocenters. The largest absolute Gasteiger partial charge is 0.398 e. The van der Waals surface area contributed by atoms with Gasteiger partial charge in [-0.15, -0.1) is 0 Å². The number of carbonyl (C=O) groups excluding carboxylic acids is 1. The van der Waals surface area contributed by atoms with Gasteiger partial charge >= 0.3 is 0 Å². The number of halogens is 1. The van der Waals surface area contributed by atoms with Crippen LogP contribution in [0, 0.1) is 5.82 Å². The summed E-state index contributed by atoms with van der Waals surface area (Å²) in [7, 11) is -3.83. The van der Waals surface area contributed by atoms with Crippen molar-refractivity contribution < 1.29 is 17.6 Å². The van der Waals surface area contributed by atoms with E-state index in [-0.39, 0.29) is 22.0 Å². The molecule has 0 saturated heterocycles. The molecule has 0 atom stereocenters. The van der Waals surface area contributed by atoms with Gasteiger partial charge in [0, 0.05) is 5.56 Å². The van der Waals surface area contributed by atoms with Crippen LogP contribution in [0.1, 0.15) is 21.5 Å². The van der Waals surface area contributed by atoms with E-state index >= 15 is 0 Å². The molecule has 3 aromatic rings. The second kappa shape index (κ2) is 7.86. The number of benzene rings is 3. The van der Waals surface area contributed by atoms with Crippen molar-refractivity contribution in [3.05, 3.63) is 83.2 Å². The Morgan fingerprint density at radius 2 is 1.59 bits per heavy atom. The van der Waals surface area contributed by atoms with E-state index in [0.29, 0.717) is 22.3 Å². The van der Waals surface area contributed by atoms with Gasteiger partial charge in [0.1, 0.15) is 5.82 Å². The lowest BCUT2D eigenvalue weighted by molar-refractivity contribution is 0.100. The SMILES string of the molecule is NC(=O)c1cc(/C=C/c2cccc(F)c2)cc(-c2ccc(S(N)(=O)=O)cc2)c1N. The van der Waals surface area contributed by atoms with Gasteiger partial charge < -0.3 is 11.5 Å². The van der Waals surface area contributed by atoms with Crippen LogP contribution in [0.3, 0.4) is 0 Å². The number of primary sulfonamides is 1. The van der Waals surface area contributed by atoms with Gasteiger partial charge in [-0.05, 0) is 53.1 Å². The van der Waals surface area contributed by atoms with Gasteiger partial charge in [-0.1, -0.05) is 36.4 Å². The van der Waals surface area contributed by atoms with E-state index in [1.165, 1.54) is 42.5 Å². The van der Waals surface area contributed by atoms with Gasteiger partial charge in [0.05, 0.1) is 16.1 Å². The molecule has 3 aromatic carbocycles. The van der Waals surface area contributed by atoms with Gasteiger partial charge in [0.2, 0.25) is 10.0 Å². The summed E-state index contributed by atoms with van der Waals surface area (Å²) in [4.78, 5) is 11.8. The lowest BCUT2D eigenvalue weighted by Gasteiger charge is -2.12. The number of carbonyl (C=O) groups is 1. The van der Waals surface area contributed by atoms with Crippen molar-refractivity contribution >= 4 is 33.8 Å². The average molecular weight is 411 g/mol. The van der Waals surface area contributed by atoms with Crippen molar-refractivity contribution in [3.8, 4) is 11.1 Å². The number of sulfonamides is 1. The molecule has 0 saturated carbocycles. The molecule has 0 aliphatic rings. The summed E-state index contributed by atoms with van der Waals surface area (Å²) in [5.74, 6) is -1.07. The summed E-state index contributed by atoms with van der Waals surface area (Å²) >= 11 is 0. The highest BCUT2D eigenvalue weighted by Crippen LogP contribution is 2.31. The highest BCUT2D eigenvalue weighted by Gasteiger charge is 2.14. The van der Waals surface area contributed by atoms with E-state index in [4.69, 9.17) is 16.6 Å². The third kappa shape index (κ3) is 4.68. The topological polar surface area (TPSA) is 129 Å². The third-order valence-corrected chi connectivity index (χ3v) is 5.21. The third-order valence-electron chi connectivity index (χ3n) is 4.28. The predicted octanol–water partition coefficient (Wildman–Crippen LogP) is 2.99. The van der Waals surface area contributed by atoms with Crippen LogP contribution in [-0.2, 0) is 10.0 Å². The molecule has 0 bridgehead atoms. The molecule has 0 fully saturated rings. The summed E-state index contributed by atoms with van der Waals surface area (Å²) in [6.07, 6.45) is 3.39. The smallest absolute Gasteiger partial charge is 0.250 e. The summed E-state index contributed by atoms with van der Waals surface area (Å²) < 4.78 is 36.2. The standard InChI is InChI=1S/C21H18FN3O3S/c22-16-3-1-2-13(10-16)4-5-14-11-18(20(23)19(12-14)21(24)26)15-6-8-17(9-7-15)29(25,27)28/h1-12H,23H2,(H2,24,26)(H2,25,27,28)/b5-4+. The van der Waals surface area contributed by atoms with Crippen molar-refractivity contribution in [1.29, 1.82) is 0 Å².